The molecule has 5 nitrogen and oxygen atoms in total. The molecule has 0 amide bonds. The lowest BCUT2D eigenvalue weighted by atomic mass is 10.2. The summed E-state index contributed by atoms with van der Waals surface area (Å²) in [6.07, 6.45) is 8.35. The van der Waals surface area contributed by atoms with Crippen LogP contribution < -0.4 is 5.32 Å². The summed E-state index contributed by atoms with van der Waals surface area (Å²) in [7, 11) is 0. The lowest BCUT2D eigenvalue weighted by molar-refractivity contribution is 0.676. The number of hydrogen-bond donors (Lipinski definition) is 3. The second-order valence-electron chi connectivity index (χ2n) is 4.18. The van der Waals surface area contributed by atoms with Crippen LogP contribution in [0.1, 0.15) is 11.4 Å². The van der Waals surface area contributed by atoms with Gasteiger partial charge in [-0.05, 0) is 17.7 Å². The number of aromatic amines is 2. The maximum absolute atomic E-state index is 4.27. The van der Waals surface area contributed by atoms with Gasteiger partial charge in [-0.1, -0.05) is 0 Å². The molecule has 18 heavy (non-hydrogen) atoms. The molecule has 3 rings (SSSR count). The predicted octanol–water partition coefficient (Wildman–Crippen LogP) is 1.62. The first-order chi connectivity index (χ1) is 8.93. The van der Waals surface area contributed by atoms with Crippen LogP contribution in [0.15, 0.2) is 36.9 Å². The fourth-order valence-corrected chi connectivity index (χ4v) is 2.02. The Balaban J connectivity index is 1.57. The number of nitrogens with one attached hydrogen (secondary N) is 3. The van der Waals surface area contributed by atoms with Gasteiger partial charge in [-0.15, -0.1) is 0 Å². The number of aromatic nitrogens is 4. The third kappa shape index (κ3) is 2.26. The van der Waals surface area contributed by atoms with Crippen LogP contribution in [0, 0.1) is 0 Å². The SMILES string of the molecule is c1cnc2[nH]cc(CNCCc3ncc[nH]3)c2c1. The Morgan fingerprint density at radius 1 is 1.17 bits per heavy atom. The molecule has 0 fully saturated rings. The van der Waals surface area contributed by atoms with Crippen LogP contribution in [-0.4, -0.2) is 26.5 Å². The molecule has 0 aliphatic rings. The van der Waals surface area contributed by atoms with Gasteiger partial charge in [-0.3, -0.25) is 0 Å². The zero-order chi connectivity index (χ0) is 12.2. The van der Waals surface area contributed by atoms with Crippen LogP contribution in [0.2, 0.25) is 0 Å². The highest BCUT2D eigenvalue weighted by Gasteiger charge is 2.03. The molecule has 92 valence electrons. The van der Waals surface area contributed by atoms with E-state index in [1.54, 1.807) is 12.4 Å². The van der Waals surface area contributed by atoms with Crippen LogP contribution in [0.3, 0.4) is 0 Å². The predicted molar refractivity (Wildman–Crippen MR) is 70.1 cm³/mol. The highest BCUT2D eigenvalue weighted by atomic mass is 14.9. The fourth-order valence-electron chi connectivity index (χ4n) is 2.02. The van der Waals surface area contributed by atoms with Gasteiger partial charge in [0.15, 0.2) is 0 Å². The van der Waals surface area contributed by atoms with Gasteiger partial charge in [0.1, 0.15) is 11.5 Å². The van der Waals surface area contributed by atoms with Gasteiger partial charge < -0.3 is 15.3 Å². The highest BCUT2D eigenvalue weighted by molar-refractivity contribution is 5.79. The third-order valence-corrected chi connectivity index (χ3v) is 2.95. The van der Waals surface area contributed by atoms with Gasteiger partial charge in [0.25, 0.3) is 0 Å². The molecular formula is C13H15N5. The number of hydrogen-bond acceptors (Lipinski definition) is 3. The number of rotatable bonds is 5. The molecule has 0 aliphatic heterocycles. The minimum atomic E-state index is 0.840. The molecule has 3 aromatic rings. The van der Waals surface area contributed by atoms with E-state index in [1.165, 1.54) is 10.9 Å². The summed E-state index contributed by atoms with van der Waals surface area (Å²) in [5.41, 5.74) is 2.19. The van der Waals surface area contributed by atoms with E-state index >= 15 is 0 Å². The maximum atomic E-state index is 4.27. The third-order valence-electron chi connectivity index (χ3n) is 2.95. The van der Waals surface area contributed by atoms with Crippen LogP contribution in [-0.2, 0) is 13.0 Å². The summed E-state index contributed by atoms with van der Waals surface area (Å²) in [6, 6.07) is 4.05. The molecule has 0 bridgehead atoms. The second kappa shape index (κ2) is 5.01. The van der Waals surface area contributed by atoms with Crippen molar-refractivity contribution in [2.24, 2.45) is 0 Å². The first-order valence-electron chi connectivity index (χ1n) is 6.03. The van der Waals surface area contributed by atoms with E-state index in [9.17, 15) is 0 Å². The van der Waals surface area contributed by atoms with Gasteiger partial charge in [-0.25, -0.2) is 9.97 Å². The maximum Gasteiger partial charge on any atom is 0.137 e. The molecule has 3 aromatic heterocycles. The van der Waals surface area contributed by atoms with Gasteiger partial charge in [0.2, 0.25) is 0 Å². The summed E-state index contributed by atoms with van der Waals surface area (Å²) in [5, 5.41) is 4.59. The van der Waals surface area contributed by atoms with Crippen molar-refractivity contribution < 1.29 is 0 Å². The van der Waals surface area contributed by atoms with Crippen molar-refractivity contribution in [3.63, 3.8) is 0 Å². The monoisotopic (exact) mass is 241 g/mol. The Morgan fingerprint density at radius 2 is 2.17 bits per heavy atom. The normalized spacial score (nSPS) is 11.1. The van der Waals surface area contributed by atoms with Gasteiger partial charge in [0.05, 0.1) is 0 Å². The lowest BCUT2D eigenvalue weighted by Crippen LogP contribution is -2.16. The minimum Gasteiger partial charge on any atom is -0.349 e. The molecule has 0 saturated carbocycles. The molecule has 0 unspecified atom stereocenters. The van der Waals surface area contributed by atoms with Crippen molar-refractivity contribution in [2.75, 3.05) is 6.54 Å². The summed E-state index contributed by atoms with van der Waals surface area (Å²) in [6.45, 7) is 1.74. The van der Waals surface area contributed by atoms with Crippen molar-refractivity contribution in [3.8, 4) is 0 Å². The Hall–Kier alpha value is -2.14. The quantitative estimate of drug-likeness (QED) is 0.594. The van der Waals surface area contributed by atoms with Crippen LogP contribution in [0.5, 0.6) is 0 Å². The number of H-pyrrole nitrogens is 2. The van der Waals surface area contributed by atoms with Crippen molar-refractivity contribution >= 4 is 11.0 Å². The van der Waals surface area contributed by atoms with Crippen LogP contribution in [0.4, 0.5) is 0 Å². The molecule has 3 heterocycles. The molecule has 0 spiro atoms. The van der Waals surface area contributed by atoms with E-state index in [1.807, 2.05) is 18.5 Å². The summed E-state index contributed by atoms with van der Waals surface area (Å²) in [5.74, 6) is 1.02. The van der Waals surface area contributed by atoms with E-state index in [0.717, 1.165) is 31.0 Å². The smallest absolute Gasteiger partial charge is 0.137 e. The van der Waals surface area contributed by atoms with E-state index in [4.69, 9.17) is 0 Å². The van der Waals surface area contributed by atoms with E-state index < -0.39 is 0 Å². The molecule has 0 radical (unpaired) electrons. The Labute approximate surface area is 105 Å². The van der Waals surface area contributed by atoms with Gasteiger partial charge >= 0.3 is 0 Å². The van der Waals surface area contributed by atoms with Crippen molar-refractivity contribution in [1.82, 2.24) is 25.3 Å². The Kier molecular flexibility index (Phi) is 3.06. The fraction of sp³-hybridized carbons (Fsp3) is 0.231. The van der Waals surface area contributed by atoms with Gasteiger partial charge in [-0.2, -0.15) is 0 Å². The largest absolute Gasteiger partial charge is 0.349 e. The van der Waals surface area contributed by atoms with Crippen LogP contribution in [0.25, 0.3) is 11.0 Å². The zero-order valence-electron chi connectivity index (χ0n) is 9.98. The average Bonchev–Trinajstić information content (AvgIpc) is 3.04. The molecule has 0 saturated heterocycles. The van der Waals surface area contributed by atoms with Crippen molar-refractivity contribution in [3.05, 3.63) is 48.3 Å². The minimum absolute atomic E-state index is 0.840. The molecule has 5 heteroatoms. The molecule has 0 aliphatic carbocycles. The van der Waals surface area contributed by atoms with E-state index in [2.05, 4.69) is 31.3 Å². The van der Waals surface area contributed by atoms with Crippen molar-refractivity contribution in [2.45, 2.75) is 13.0 Å². The Morgan fingerprint density at radius 3 is 3.06 bits per heavy atom. The molecule has 0 atom stereocenters. The highest BCUT2D eigenvalue weighted by Crippen LogP contribution is 2.14. The standard InChI is InChI=1S/C13H15N5/c1-2-11-10(9-18-13(11)17-4-1)8-14-5-3-12-15-6-7-16-12/h1-2,4,6-7,9,14H,3,5,8H2,(H,15,16)(H,17,18). The number of pyridine rings is 1. The number of fused-ring (bicyclic) bond motifs is 1. The van der Waals surface area contributed by atoms with E-state index in [0.29, 0.717) is 0 Å². The zero-order valence-corrected chi connectivity index (χ0v) is 9.98. The summed E-state index contributed by atoms with van der Waals surface area (Å²) < 4.78 is 0. The van der Waals surface area contributed by atoms with E-state index in [-0.39, 0.29) is 0 Å². The van der Waals surface area contributed by atoms with Crippen LogP contribution >= 0.6 is 0 Å². The molecule has 0 aromatic carbocycles. The first kappa shape index (κ1) is 11.0. The molecular weight excluding hydrogens is 226 g/mol. The summed E-state index contributed by atoms with van der Waals surface area (Å²) in [4.78, 5) is 14.7. The average molecular weight is 241 g/mol. The topological polar surface area (TPSA) is 69.4 Å². The second-order valence-corrected chi connectivity index (χ2v) is 4.18. The summed E-state index contributed by atoms with van der Waals surface area (Å²) >= 11 is 0. The number of imidazole rings is 1. The number of nitrogens with zero attached hydrogens (tertiary/aromatic N) is 2. The van der Waals surface area contributed by atoms with Crippen molar-refractivity contribution in [1.29, 1.82) is 0 Å². The van der Waals surface area contributed by atoms with Gasteiger partial charge in [0, 0.05) is 49.7 Å². The lowest BCUT2D eigenvalue weighted by Gasteiger charge is -2.02. The first-order valence-corrected chi connectivity index (χ1v) is 6.03. The molecule has 3 N–H and O–H groups in total. The Bertz CT molecular complexity index is 611.